The van der Waals surface area contributed by atoms with Crippen molar-refractivity contribution in [3.63, 3.8) is 0 Å². The van der Waals surface area contributed by atoms with Crippen LogP contribution >= 0.6 is 0 Å². The lowest BCUT2D eigenvalue weighted by Gasteiger charge is -2.26. The minimum absolute atomic E-state index is 0.114. The number of amides is 1. The second-order valence-corrected chi connectivity index (χ2v) is 4.79. The maximum atomic E-state index is 13.2. The van der Waals surface area contributed by atoms with E-state index in [9.17, 15) is 9.18 Å². The van der Waals surface area contributed by atoms with E-state index in [2.05, 4.69) is 0 Å². The Hall–Kier alpha value is -1.46. The van der Waals surface area contributed by atoms with Gasteiger partial charge >= 0.3 is 0 Å². The molecular weight excluding hydrogens is 247 g/mol. The van der Waals surface area contributed by atoms with Gasteiger partial charge < -0.3 is 15.4 Å². The Bertz CT molecular complexity index is 445. The molecule has 1 fully saturated rings. The van der Waals surface area contributed by atoms with Gasteiger partial charge in [0.15, 0.2) is 0 Å². The molecule has 5 heteroatoms. The summed E-state index contributed by atoms with van der Waals surface area (Å²) in [6, 6.07) is 6.55. The van der Waals surface area contributed by atoms with Crippen molar-refractivity contribution in [2.75, 3.05) is 13.7 Å². The number of nitrogens with zero attached hydrogens (tertiary/aromatic N) is 1. The number of nitrogens with two attached hydrogens (primary N) is 1. The highest BCUT2D eigenvalue weighted by Gasteiger charge is 2.35. The van der Waals surface area contributed by atoms with Crippen LogP contribution in [-0.4, -0.2) is 36.6 Å². The van der Waals surface area contributed by atoms with E-state index in [-0.39, 0.29) is 24.3 Å². The number of hydrogen-bond donors (Lipinski definition) is 1. The Morgan fingerprint density at radius 1 is 1.58 bits per heavy atom. The number of rotatable bonds is 6. The van der Waals surface area contributed by atoms with Crippen molar-refractivity contribution in [3.8, 4) is 0 Å². The van der Waals surface area contributed by atoms with Gasteiger partial charge in [-0.3, -0.25) is 4.79 Å². The van der Waals surface area contributed by atoms with Crippen molar-refractivity contribution in [3.05, 3.63) is 35.6 Å². The minimum atomic E-state index is -0.617. The molecule has 104 valence electrons. The summed E-state index contributed by atoms with van der Waals surface area (Å²) in [7, 11) is 1.47. The molecule has 1 aromatic carbocycles. The normalized spacial score (nSPS) is 16.2. The molecular formula is C14H19FN2O2. The Morgan fingerprint density at radius 3 is 2.84 bits per heavy atom. The number of halogens is 1. The van der Waals surface area contributed by atoms with E-state index >= 15 is 0 Å². The largest absolute Gasteiger partial charge is 0.370 e. The Labute approximate surface area is 112 Å². The Balaban J connectivity index is 2.10. The third kappa shape index (κ3) is 3.52. The molecule has 1 atom stereocenters. The van der Waals surface area contributed by atoms with Crippen LogP contribution in [-0.2, 0) is 16.1 Å². The van der Waals surface area contributed by atoms with Crippen LogP contribution in [0.5, 0.6) is 0 Å². The lowest BCUT2D eigenvalue weighted by atomic mass is 10.2. The van der Waals surface area contributed by atoms with E-state index < -0.39 is 6.10 Å². The predicted octanol–water partition coefficient (Wildman–Crippen LogP) is 1.29. The molecule has 1 aromatic rings. The highest BCUT2D eigenvalue weighted by atomic mass is 19.1. The summed E-state index contributed by atoms with van der Waals surface area (Å²) < 4.78 is 18.3. The third-order valence-electron chi connectivity index (χ3n) is 3.29. The number of methoxy groups -OCH3 is 1. The highest BCUT2D eigenvalue weighted by Crippen LogP contribution is 2.29. The highest BCUT2D eigenvalue weighted by molar-refractivity contribution is 5.81. The molecule has 1 unspecified atom stereocenters. The van der Waals surface area contributed by atoms with E-state index in [4.69, 9.17) is 10.5 Å². The van der Waals surface area contributed by atoms with Gasteiger partial charge in [-0.15, -0.1) is 0 Å². The fourth-order valence-corrected chi connectivity index (χ4v) is 2.09. The molecule has 0 saturated heterocycles. The van der Waals surface area contributed by atoms with Crippen molar-refractivity contribution in [2.45, 2.75) is 31.5 Å². The van der Waals surface area contributed by atoms with Crippen LogP contribution in [0.4, 0.5) is 4.39 Å². The summed E-state index contributed by atoms with van der Waals surface area (Å²) in [4.78, 5) is 14.0. The van der Waals surface area contributed by atoms with Crippen LogP contribution in [0.1, 0.15) is 18.4 Å². The molecule has 0 spiro atoms. The third-order valence-corrected chi connectivity index (χ3v) is 3.29. The van der Waals surface area contributed by atoms with Crippen LogP contribution < -0.4 is 5.73 Å². The van der Waals surface area contributed by atoms with E-state index in [1.807, 2.05) is 6.07 Å². The summed E-state index contributed by atoms with van der Waals surface area (Å²) >= 11 is 0. The topological polar surface area (TPSA) is 55.6 Å². The van der Waals surface area contributed by atoms with Crippen LogP contribution in [0.15, 0.2) is 24.3 Å². The van der Waals surface area contributed by atoms with Crippen LogP contribution in [0.2, 0.25) is 0 Å². The molecule has 2 N–H and O–H groups in total. The van der Waals surface area contributed by atoms with Crippen LogP contribution in [0.25, 0.3) is 0 Å². The van der Waals surface area contributed by atoms with Crippen molar-refractivity contribution < 1.29 is 13.9 Å². The first-order valence-electron chi connectivity index (χ1n) is 6.43. The number of ether oxygens (including phenoxy) is 1. The molecule has 19 heavy (non-hydrogen) atoms. The van der Waals surface area contributed by atoms with Gasteiger partial charge in [0, 0.05) is 26.2 Å². The van der Waals surface area contributed by atoms with Gasteiger partial charge in [-0.2, -0.15) is 0 Å². The first kappa shape index (κ1) is 14.0. The van der Waals surface area contributed by atoms with E-state index in [0.717, 1.165) is 18.4 Å². The van der Waals surface area contributed by atoms with Crippen molar-refractivity contribution >= 4 is 5.91 Å². The maximum Gasteiger partial charge on any atom is 0.253 e. The first-order chi connectivity index (χ1) is 9.15. The zero-order valence-corrected chi connectivity index (χ0v) is 11.0. The molecule has 4 nitrogen and oxygen atoms in total. The lowest BCUT2D eigenvalue weighted by Crippen LogP contribution is -2.44. The molecule has 0 aromatic heterocycles. The summed E-state index contributed by atoms with van der Waals surface area (Å²) in [5.41, 5.74) is 6.31. The zero-order chi connectivity index (χ0) is 13.8. The number of carbonyl (C=O) groups is 1. The molecule has 2 rings (SSSR count). The van der Waals surface area contributed by atoms with Crippen molar-refractivity contribution in [1.82, 2.24) is 4.90 Å². The molecule has 0 radical (unpaired) electrons. The van der Waals surface area contributed by atoms with Crippen LogP contribution in [0.3, 0.4) is 0 Å². The molecule has 1 aliphatic carbocycles. The molecule has 1 amide bonds. The summed E-state index contributed by atoms with van der Waals surface area (Å²) in [6.45, 7) is 0.558. The number of carbonyl (C=O) groups excluding carboxylic acids is 1. The van der Waals surface area contributed by atoms with Crippen molar-refractivity contribution in [1.29, 1.82) is 0 Å². The van der Waals surface area contributed by atoms with Gasteiger partial charge in [-0.25, -0.2) is 4.39 Å². The Morgan fingerprint density at radius 2 is 2.32 bits per heavy atom. The van der Waals surface area contributed by atoms with Gasteiger partial charge in [0.1, 0.15) is 11.9 Å². The Kier molecular flexibility index (Phi) is 4.50. The zero-order valence-electron chi connectivity index (χ0n) is 11.0. The van der Waals surface area contributed by atoms with Gasteiger partial charge in [-0.1, -0.05) is 12.1 Å². The molecule has 0 aliphatic heterocycles. The fourth-order valence-electron chi connectivity index (χ4n) is 2.09. The number of benzene rings is 1. The fraction of sp³-hybridized carbons (Fsp3) is 0.500. The SMILES string of the molecule is COC(CN)C(=O)N(Cc1cccc(F)c1)C1CC1. The van der Waals surface area contributed by atoms with Gasteiger partial charge in [0.05, 0.1) is 0 Å². The minimum Gasteiger partial charge on any atom is -0.370 e. The summed E-state index contributed by atoms with van der Waals surface area (Å²) in [5, 5.41) is 0. The molecule has 0 heterocycles. The summed E-state index contributed by atoms with van der Waals surface area (Å²) in [5.74, 6) is -0.403. The van der Waals surface area contributed by atoms with Gasteiger partial charge in [0.25, 0.3) is 5.91 Å². The molecule has 0 bridgehead atoms. The average Bonchev–Trinajstić information content (AvgIpc) is 3.21. The average molecular weight is 266 g/mol. The monoisotopic (exact) mass is 266 g/mol. The van der Waals surface area contributed by atoms with E-state index in [0.29, 0.717) is 6.54 Å². The summed E-state index contributed by atoms with van der Waals surface area (Å²) in [6.07, 6.45) is 1.36. The standard InChI is InChI=1S/C14H19FN2O2/c1-19-13(8-16)14(18)17(12-5-6-12)9-10-3-2-4-11(15)7-10/h2-4,7,12-13H,5-6,8-9,16H2,1H3. The second-order valence-electron chi connectivity index (χ2n) is 4.79. The van der Waals surface area contributed by atoms with Gasteiger partial charge in [-0.05, 0) is 30.5 Å². The van der Waals surface area contributed by atoms with E-state index in [1.54, 1.807) is 11.0 Å². The van der Waals surface area contributed by atoms with Crippen LogP contribution in [0, 0.1) is 5.82 Å². The predicted molar refractivity (Wildman–Crippen MR) is 69.8 cm³/mol. The lowest BCUT2D eigenvalue weighted by molar-refractivity contribution is -0.142. The first-order valence-corrected chi connectivity index (χ1v) is 6.43. The smallest absolute Gasteiger partial charge is 0.253 e. The molecule has 1 aliphatic rings. The molecule has 1 saturated carbocycles. The maximum absolute atomic E-state index is 13.2. The quantitative estimate of drug-likeness (QED) is 0.844. The van der Waals surface area contributed by atoms with Gasteiger partial charge in [0.2, 0.25) is 0 Å². The number of hydrogen-bond acceptors (Lipinski definition) is 3. The second kappa shape index (κ2) is 6.12. The van der Waals surface area contributed by atoms with Crippen molar-refractivity contribution in [2.24, 2.45) is 5.73 Å². The van der Waals surface area contributed by atoms with E-state index in [1.165, 1.54) is 19.2 Å².